The van der Waals surface area contributed by atoms with Crippen LogP contribution in [0.3, 0.4) is 0 Å². The Kier molecular flexibility index (Phi) is 5.28. The number of rotatable bonds is 5. The maximum atomic E-state index is 5.83. The Labute approximate surface area is 106 Å². The summed E-state index contributed by atoms with van der Waals surface area (Å²) < 4.78 is 0. The number of halogens is 1. The van der Waals surface area contributed by atoms with Crippen molar-refractivity contribution in [2.24, 2.45) is 5.92 Å². The Morgan fingerprint density at radius 1 is 1.25 bits per heavy atom. The largest absolute Gasteiger partial charge is 0.354 e. The molecule has 0 amide bonds. The van der Waals surface area contributed by atoms with E-state index in [0.29, 0.717) is 22.3 Å². The molecule has 0 aliphatic heterocycles. The van der Waals surface area contributed by atoms with Crippen LogP contribution in [0, 0.1) is 5.92 Å². The quantitative estimate of drug-likeness (QED) is 0.825. The van der Waals surface area contributed by atoms with Gasteiger partial charge in [0.25, 0.3) is 0 Å². The molecule has 1 rings (SSSR count). The van der Waals surface area contributed by atoms with E-state index in [1.165, 1.54) is 0 Å². The van der Waals surface area contributed by atoms with Crippen molar-refractivity contribution < 1.29 is 0 Å². The zero-order chi connectivity index (χ0) is 12.1. The number of nitrogens with one attached hydrogen (secondary N) is 1. The summed E-state index contributed by atoms with van der Waals surface area (Å²) in [5.41, 5.74) is 0. The van der Waals surface area contributed by atoms with Gasteiger partial charge in [-0.15, -0.1) is 0 Å². The van der Waals surface area contributed by atoms with E-state index < -0.39 is 0 Å². The first-order chi connectivity index (χ1) is 7.52. The maximum absolute atomic E-state index is 5.83. The smallest absolute Gasteiger partial charge is 0.228 e. The van der Waals surface area contributed by atoms with Crippen molar-refractivity contribution in [2.45, 2.75) is 38.1 Å². The Morgan fingerprint density at radius 2 is 1.94 bits per heavy atom. The minimum absolute atomic E-state index is 0.240. The van der Waals surface area contributed by atoms with Gasteiger partial charge in [0.05, 0.1) is 0 Å². The van der Waals surface area contributed by atoms with Crippen LogP contribution in [0.25, 0.3) is 0 Å². The van der Waals surface area contributed by atoms with E-state index >= 15 is 0 Å². The molecule has 1 heterocycles. The third-order valence-corrected chi connectivity index (χ3v) is 3.63. The second-order valence-electron chi connectivity index (χ2n) is 3.81. The Balaban J connectivity index is 2.79. The summed E-state index contributed by atoms with van der Waals surface area (Å²) in [5, 5.41) is 4.40. The number of thioether (sulfide) groups is 1. The highest BCUT2D eigenvalue weighted by Gasteiger charge is 2.12. The molecule has 0 saturated carbocycles. The first-order valence-electron chi connectivity index (χ1n) is 5.35. The van der Waals surface area contributed by atoms with Crippen LogP contribution in [0.4, 0.5) is 5.95 Å². The molecule has 1 atom stereocenters. The summed E-state index contributed by atoms with van der Waals surface area (Å²) in [5.74, 6) is 1.11. The molecule has 0 spiro atoms. The molecular formula is C10H17ClN4S. The summed E-state index contributed by atoms with van der Waals surface area (Å²) in [6.07, 6.45) is 0. The van der Waals surface area contributed by atoms with Crippen molar-refractivity contribution in [1.29, 1.82) is 0 Å². The fraction of sp³-hybridized carbons (Fsp3) is 0.700. The lowest BCUT2D eigenvalue weighted by atomic mass is 10.2. The van der Waals surface area contributed by atoms with E-state index in [1.54, 1.807) is 11.8 Å². The van der Waals surface area contributed by atoms with Gasteiger partial charge in [-0.3, -0.25) is 0 Å². The van der Waals surface area contributed by atoms with Crippen LogP contribution >= 0.6 is 23.4 Å². The normalized spacial score (nSPS) is 12.9. The first-order valence-corrected chi connectivity index (χ1v) is 6.60. The van der Waals surface area contributed by atoms with E-state index in [2.05, 4.69) is 41.0 Å². The maximum Gasteiger partial charge on any atom is 0.228 e. The molecule has 6 heteroatoms. The summed E-state index contributed by atoms with van der Waals surface area (Å²) in [6.45, 7) is 9.25. The molecule has 0 aliphatic carbocycles. The lowest BCUT2D eigenvalue weighted by Crippen LogP contribution is -2.09. The molecule has 90 valence electrons. The van der Waals surface area contributed by atoms with E-state index in [4.69, 9.17) is 11.6 Å². The van der Waals surface area contributed by atoms with E-state index in [0.717, 1.165) is 6.54 Å². The van der Waals surface area contributed by atoms with Crippen LogP contribution in [0.1, 0.15) is 27.7 Å². The number of nitrogens with zero attached hydrogens (tertiary/aromatic N) is 3. The van der Waals surface area contributed by atoms with Gasteiger partial charge in [0.15, 0.2) is 5.16 Å². The lowest BCUT2D eigenvalue weighted by Gasteiger charge is -2.13. The fourth-order valence-electron chi connectivity index (χ4n) is 0.924. The second-order valence-corrected chi connectivity index (χ2v) is 5.49. The molecule has 0 fully saturated rings. The number of hydrogen-bond donors (Lipinski definition) is 1. The fourth-order valence-corrected chi connectivity index (χ4v) is 2.02. The van der Waals surface area contributed by atoms with Crippen molar-refractivity contribution in [3.05, 3.63) is 5.28 Å². The van der Waals surface area contributed by atoms with Gasteiger partial charge in [0.1, 0.15) is 0 Å². The lowest BCUT2D eigenvalue weighted by molar-refractivity contribution is 0.640. The first kappa shape index (κ1) is 13.5. The molecule has 0 bridgehead atoms. The summed E-state index contributed by atoms with van der Waals surface area (Å²) >= 11 is 7.45. The van der Waals surface area contributed by atoms with Gasteiger partial charge < -0.3 is 5.32 Å². The standard InChI is InChI=1S/C10H17ClN4S/c1-5-12-9-13-8(11)14-10(15-9)16-7(4)6(2)3/h6-7H,5H2,1-4H3,(H,12,13,14,15). The number of aromatic nitrogens is 3. The molecule has 0 radical (unpaired) electrons. The van der Waals surface area contributed by atoms with Crippen molar-refractivity contribution in [2.75, 3.05) is 11.9 Å². The van der Waals surface area contributed by atoms with Crippen LogP contribution in [0.2, 0.25) is 5.28 Å². The molecule has 0 aromatic carbocycles. The Hall–Kier alpha value is -0.550. The van der Waals surface area contributed by atoms with Gasteiger partial charge in [-0.1, -0.05) is 32.5 Å². The van der Waals surface area contributed by atoms with Gasteiger partial charge in [-0.2, -0.15) is 15.0 Å². The van der Waals surface area contributed by atoms with Gasteiger partial charge in [0, 0.05) is 11.8 Å². The Bertz CT molecular complexity index is 346. The number of anilines is 1. The highest BCUT2D eigenvalue weighted by Crippen LogP contribution is 2.25. The molecule has 4 nitrogen and oxygen atoms in total. The second kappa shape index (κ2) is 6.25. The van der Waals surface area contributed by atoms with Gasteiger partial charge in [0.2, 0.25) is 11.2 Å². The van der Waals surface area contributed by atoms with Crippen LogP contribution in [-0.2, 0) is 0 Å². The topological polar surface area (TPSA) is 50.7 Å². The third kappa shape index (κ3) is 4.14. The molecule has 1 N–H and O–H groups in total. The minimum atomic E-state index is 0.240. The predicted octanol–water partition coefficient (Wildman–Crippen LogP) is 3.09. The molecule has 1 aromatic heterocycles. The van der Waals surface area contributed by atoms with Gasteiger partial charge in [-0.25, -0.2) is 0 Å². The average Bonchev–Trinajstić information content (AvgIpc) is 2.16. The minimum Gasteiger partial charge on any atom is -0.354 e. The van der Waals surface area contributed by atoms with Crippen molar-refractivity contribution in [1.82, 2.24) is 15.0 Å². The SMILES string of the molecule is CCNc1nc(Cl)nc(SC(C)C(C)C)n1. The van der Waals surface area contributed by atoms with Crippen LogP contribution in [-0.4, -0.2) is 26.7 Å². The van der Waals surface area contributed by atoms with E-state index in [9.17, 15) is 0 Å². The highest BCUT2D eigenvalue weighted by atomic mass is 35.5. The average molecular weight is 261 g/mol. The Morgan fingerprint density at radius 3 is 2.50 bits per heavy atom. The van der Waals surface area contributed by atoms with Gasteiger partial charge in [-0.05, 0) is 24.4 Å². The van der Waals surface area contributed by atoms with Gasteiger partial charge >= 0.3 is 0 Å². The van der Waals surface area contributed by atoms with Crippen LogP contribution in [0.15, 0.2) is 5.16 Å². The van der Waals surface area contributed by atoms with Crippen LogP contribution < -0.4 is 5.32 Å². The molecule has 0 saturated heterocycles. The predicted molar refractivity (Wildman–Crippen MR) is 69.2 cm³/mol. The summed E-state index contributed by atoms with van der Waals surface area (Å²) in [4.78, 5) is 12.4. The van der Waals surface area contributed by atoms with E-state index in [1.807, 2.05) is 6.92 Å². The zero-order valence-electron chi connectivity index (χ0n) is 9.99. The third-order valence-electron chi connectivity index (χ3n) is 2.15. The zero-order valence-corrected chi connectivity index (χ0v) is 11.6. The van der Waals surface area contributed by atoms with Crippen molar-refractivity contribution in [3.63, 3.8) is 0 Å². The molecule has 0 aliphatic rings. The summed E-state index contributed by atoms with van der Waals surface area (Å²) in [6, 6.07) is 0. The van der Waals surface area contributed by atoms with Crippen molar-refractivity contribution in [3.8, 4) is 0 Å². The van der Waals surface area contributed by atoms with Crippen molar-refractivity contribution >= 4 is 29.3 Å². The monoisotopic (exact) mass is 260 g/mol. The van der Waals surface area contributed by atoms with Crippen LogP contribution in [0.5, 0.6) is 0 Å². The molecule has 16 heavy (non-hydrogen) atoms. The van der Waals surface area contributed by atoms with E-state index in [-0.39, 0.29) is 5.28 Å². The molecule has 1 unspecified atom stereocenters. The molecule has 1 aromatic rings. The summed E-state index contributed by atoms with van der Waals surface area (Å²) in [7, 11) is 0. The highest BCUT2D eigenvalue weighted by molar-refractivity contribution is 7.99. The number of hydrogen-bond acceptors (Lipinski definition) is 5. The molecular weight excluding hydrogens is 244 g/mol.